The van der Waals surface area contributed by atoms with Crippen LogP contribution in [-0.4, -0.2) is 9.97 Å². The summed E-state index contributed by atoms with van der Waals surface area (Å²) < 4.78 is 0. The largest absolute Gasteiger partial charge is 0.340 e. The predicted octanol–water partition coefficient (Wildman–Crippen LogP) is 5.59. The highest BCUT2D eigenvalue weighted by Gasteiger charge is 2.13. The molecule has 0 atom stereocenters. The van der Waals surface area contributed by atoms with E-state index in [2.05, 4.69) is 41.0 Å². The molecule has 4 aromatic rings. The minimum absolute atomic E-state index is 0.775. The molecule has 0 bridgehead atoms. The van der Waals surface area contributed by atoms with E-state index in [1.54, 1.807) is 11.3 Å². The van der Waals surface area contributed by atoms with E-state index in [0.29, 0.717) is 0 Å². The first kappa shape index (κ1) is 14.6. The summed E-state index contributed by atoms with van der Waals surface area (Å²) in [5.74, 6) is 1.64. The van der Waals surface area contributed by atoms with E-state index >= 15 is 0 Å². The van der Waals surface area contributed by atoms with Crippen LogP contribution in [0.25, 0.3) is 21.6 Å². The number of anilines is 2. The Morgan fingerprint density at radius 3 is 2.72 bits per heavy atom. The van der Waals surface area contributed by atoms with E-state index in [-0.39, 0.29) is 0 Å². The summed E-state index contributed by atoms with van der Waals surface area (Å²) in [5.41, 5.74) is 5.01. The molecule has 2 heterocycles. The van der Waals surface area contributed by atoms with Gasteiger partial charge in [-0.15, -0.1) is 11.3 Å². The van der Waals surface area contributed by atoms with Crippen molar-refractivity contribution in [3.63, 3.8) is 0 Å². The summed E-state index contributed by atoms with van der Waals surface area (Å²) in [6.45, 7) is 0. The Balaban J connectivity index is 1.62. The Labute approximate surface area is 150 Å². The van der Waals surface area contributed by atoms with E-state index in [1.807, 2.05) is 24.3 Å². The highest BCUT2D eigenvalue weighted by molar-refractivity contribution is 7.13. The van der Waals surface area contributed by atoms with Gasteiger partial charge in [-0.25, -0.2) is 9.97 Å². The quantitative estimate of drug-likeness (QED) is 0.527. The van der Waals surface area contributed by atoms with Gasteiger partial charge in [0.15, 0.2) is 5.82 Å². The van der Waals surface area contributed by atoms with Gasteiger partial charge in [0.2, 0.25) is 0 Å². The van der Waals surface area contributed by atoms with Gasteiger partial charge in [-0.2, -0.15) is 0 Å². The lowest BCUT2D eigenvalue weighted by molar-refractivity contribution is 0.912. The summed E-state index contributed by atoms with van der Waals surface area (Å²) in [6.07, 6.45) is 3.64. The molecule has 4 heteroatoms. The van der Waals surface area contributed by atoms with Gasteiger partial charge in [-0.3, -0.25) is 0 Å². The maximum Gasteiger partial charge on any atom is 0.172 e. The molecule has 0 aliphatic heterocycles. The van der Waals surface area contributed by atoms with Gasteiger partial charge < -0.3 is 5.32 Å². The predicted molar refractivity (Wildman–Crippen MR) is 105 cm³/mol. The molecule has 25 heavy (non-hydrogen) atoms. The molecule has 0 fully saturated rings. The molecule has 0 amide bonds. The smallest absolute Gasteiger partial charge is 0.172 e. The molecule has 0 saturated heterocycles. The number of fused-ring (bicyclic) bond motifs is 2. The van der Waals surface area contributed by atoms with E-state index in [0.717, 1.165) is 33.1 Å². The van der Waals surface area contributed by atoms with Crippen molar-refractivity contribution in [1.82, 2.24) is 9.97 Å². The molecular weight excluding hydrogens is 326 g/mol. The molecular formula is C21H17N3S. The second-order valence-electron chi connectivity index (χ2n) is 6.35. The molecule has 2 aromatic carbocycles. The normalized spacial score (nSPS) is 13.1. The standard InChI is InChI=1S/C21H17N3S/c1-2-8-18-17(7-1)20(24-21(23-18)19-9-4-12-25-19)22-16-11-10-14-5-3-6-15(14)13-16/h1-2,4,7-13H,3,5-6H2,(H,22,23,24). The molecule has 3 nitrogen and oxygen atoms in total. The highest BCUT2D eigenvalue weighted by atomic mass is 32.1. The average Bonchev–Trinajstić information content (AvgIpc) is 3.33. The van der Waals surface area contributed by atoms with Crippen LogP contribution in [0.4, 0.5) is 11.5 Å². The van der Waals surface area contributed by atoms with Gasteiger partial charge in [-0.05, 0) is 66.1 Å². The number of rotatable bonds is 3. The van der Waals surface area contributed by atoms with Crippen LogP contribution in [0.15, 0.2) is 60.0 Å². The Hall–Kier alpha value is -2.72. The van der Waals surface area contributed by atoms with E-state index in [1.165, 1.54) is 30.4 Å². The zero-order valence-electron chi connectivity index (χ0n) is 13.7. The lowest BCUT2D eigenvalue weighted by atomic mass is 10.1. The zero-order chi connectivity index (χ0) is 16.6. The fourth-order valence-electron chi connectivity index (χ4n) is 3.47. The number of hydrogen-bond donors (Lipinski definition) is 1. The second-order valence-corrected chi connectivity index (χ2v) is 7.30. The summed E-state index contributed by atoms with van der Waals surface area (Å²) in [7, 11) is 0. The van der Waals surface area contributed by atoms with Crippen LogP contribution in [0.1, 0.15) is 17.5 Å². The van der Waals surface area contributed by atoms with Gasteiger partial charge in [-0.1, -0.05) is 24.3 Å². The molecule has 2 aromatic heterocycles. The number of aromatic nitrogens is 2. The lowest BCUT2D eigenvalue weighted by Crippen LogP contribution is -1.99. The number of nitrogens with one attached hydrogen (secondary N) is 1. The molecule has 122 valence electrons. The monoisotopic (exact) mass is 343 g/mol. The van der Waals surface area contributed by atoms with Crippen molar-refractivity contribution in [3.8, 4) is 10.7 Å². The molecule has 1 aliphatic carbocycles. The number of hydrogen-bond acceptors (Lipinski definition) is 4. The molecule has 0 unspecified atom stereocenters. The first-order valence-corrected chi connectivity index (χ1v) is 9.44. The molecule has 0 saturated carbocycles. The van der Waals surface area contributed by atoms with Crippen LogP contribution < -0.4 is 5.32 Å². The summed E-state index contributed by atoms with van der Waals surface area (Å²) in [6, 6.07) is 18.9. The summed E-state index contributed by atoms with van der Waals surface area (Å²) >= 11 is 1.66. The minimum Gasteiger partial charge on any atom is -0.340 e. The Morgan fingerprint density at radius 2 is 1.80 bits per heavy atom. The van der Waals surface area contributed by atoms with Crippen molar-refractivity contribution in [2.24, 2.45) is 0 Å². The van der Waals surface area contributed by atoms with Crippen LogP contribution in [0.5, 0.6) is 0 Å². The molecule has 0 radical (unpaired) electrons. The lowest BCUT2D eigenvalue weighted by Gasteiger charge is -2.11. The van der Waals surface area contributed by atoms with Crippen LogP contribution >= 0.6 is 11.3 Å². The first-order valence-electron chi connectivity index (χ1n) is 8.56. The van der Waals surface area contributed by atoms with E-state index in [9.17, 15) is 0 Å². The number of para-hydroxylation sites is 1. The number of nitrogens with zero attached hydrogens (tertiary/aromatic N) is 2. The highest BCUT2D eigenvalue weighted by Crippen LogP contribution is 2.31. The average molecular weight is 343 g/mol. The number of thiophene rings is 1. The van der Waals surface area contributed by atoms with Crippen LogP contribution in [-0.2, 0) is 12.8 Å². The SMILES string of the molecule is c1csc(-c2nc(Nc3ccc4c(c3)CCC4)c3ccccc3n2)c1. The molecule has 5 rings (SSSR count). The van der Waals surface area contributed by atoms with Gasteiger partial charge in [0.1, 0.15) is 5.82 Å². The summed E-state index contributed by atoms with van der Waals surface area (Å²) in [5, 5.41) is 6.63. The Bertz CT molecular complexity index is 1050. The van der Waals surface area contributed by atoms with E-state index in [4.69, 9.17) is 9.97 Å². The minimum atomic E-state index is 0.775. The maximum atomic E-state index is 4.82. The summed E-state index contributed by atoms with van der Waals surface area (Å²) in [4.78, 5) is 10.6. The number of aryl methyl sites for hydroxylation is 2. The van der Waals surface area contributed by atoms with Crippen molar-refractivity contribution >= 4 is 33.7 Å². The fourth-order valence-corrected chi connectivity index (χ4v) is 4.13. The van der Waals surface area contributed by atoms with Crippen LogP contribution in [0.2, 0.25) is 0 Å². The van der Waals surface area contributed by atoms with Crippen molar-refractivity contribution < 1.29 is 0 Å². The zero-order valence-corrected chi connectivity index (χ0v) is 14.5. The van der Waals surface area contributed by atoms with Gasteiger partial charge in [0.25, 0.3) is 0 Å². The van der Waals surface area contributed by atoms with Gasteiger partial charge in [0, 0.05) is 11.1 Å². The van der Waals surface area contributed by atoms with Crippen molar-refractivity contribution in [2.45, 2.75) is 19.3 Å². The molecule has 1 N–H and O–H groups in total. The molecule has 0 spiro atoms. The van der Waals surface area contributed by atoms with Crippen molar-refractivity contribution in [1.29, 1.82) is 0 Å². The van der Waals surface area contributed by atoms with Gasteiger partial charge in [0.05, 0.1) is 10.4 Å². The molecule has 1 aliphatic rings. The first-order chi connectivity index (χ1) is 12.4. The third kappa shape index (κ3) is 2.68. The van der Waals surface area contributed by atoms with Crippen molar-refractivity contribution in [3.05, 3.63) is 71.1 Å². The Morgan fingerprint density at radius 1 is 0.880 bits per heavy atom. The van der Waals surface area contributed by atoms with E-state index < -0.39 is 0 Å². The third-order valence-corrected chi connectivity index (χ3v) is 5.57. The van der Waals surface area contributed by atoms with Crippen molar-refractivity contribution in [2.75, 3.05) is 5.32 Å². The van der Waals surface area contributed by atoms with Crippen LogP contribution in [0.3, 0.4) is 0 Å². The maximum absolute atomic E-state index is 4.82. The Kier molecular flexibility index (Phi) is 3.49. The second kappa shape index (κ2) is 5.97. The van der Waals surface area contributed by atoms with Crippen LogP contribution in [0, 0.1) is 0 Å². The topological polar surface area (TPSA) is 37.8 Å². The number of benzene rings is 2. The van der Waals surface area contributed by atoms with Gasteiger partial charge >= 0.3 is 0 Å². The fraction of sp³-hybridized carbons (Fsp3) is 0.143. The third-order valence-electron chi connectivity index (χ3n) is 4.71.